The van der Waals surface area contributed by atoms with Crippen LogP contribution in [-0.4, -0.2) is 31.8 Å². The summed E-state index contributed by atoms with van der Waals surface area (Å²) in [5, 5.41) is 14.6. The summed E-state index contributed by atoms with van der Waals surface area (Å²) in [4.78, 5) is 23.7. The monoisotopic (exact) mass is 423 g/mol. The summed E-state index contributed by atoms with van der Waals surface area (Å²) in [6.45, 7) is 6.08. The molecule has 0 spiro atoms. The third-order valence-corrected chi connectivity index (χ3v) is 5.52. The van der Waals surface area contributed by atoms with Gasteiger partial charge in [0.05, 0.1) is 5.25 Å². The Morgan fingerprint density at radius 3 is 2.23 bits per heavy atom. The quantitative estimate of drug-likeness (QED) is 0.535. The molecule has 7 nitrogen and oxygen atoms in total. The van der Waals surface area contributed by atoms with Crippen LogP contribution in [0.25, 0.3) is 0 Å². The zero-order valence-electron chi connectivity index (χ0n) is 17.3. The molecular weight excluding hydrogens is 398 g/mol. The van der Waals surface area contributed by atoms with Crippen molar-refractivity contribution in [2.75, 3.05) is 10.6 Å². The van der Waals surface area contributed by atoms with Gasteiger partial charge in [0.15, 0.2) is 5.16 Å². The summed E-state index contributed by atoms with van der Waals surface area (Å²) in [5.41, 5.74) is 2.53. The molecule has 30 heavy (non-hydrogen) atoms. The number of aromatic nitrogens is 3. The Labute approximate surface area is 180 Å². The van der Waals surface area contributed by atoms with Crippen LogP contribution in [0.4, 0.5) is 11.4 Å². The fourth-order valence-electron chi connectivity index (χ4n) is 2.93. The number of anilines is 2. The van der Waals surface area contributed by atoms with E-state index in [1.807, 2.05) is 36.6 Å². The Kier molecular flexibility index (Phi) is 7.24. The van der Waals surface area contributed by atoms with E-state index in [4.69, 9.17) is 0 Å². The number of nitrogens with zero attached hydrogens (tertiary/aromatic N) is 3. The highest BCUT2D eigenvalue weighted by atomic mass is 32.2. The lowest BCUT2D eigenvalue weighted by Gasteiger charge is -2.13. The van der Waals surface area contributed by atoms with Crippen molar-refractivity contribution < 1.29 is 9.59 Å². The molecule has 0 aliphatic rings. The predicted molar refractivity (Wildman–Crippen MR) is 120 cm³/mol. The Hall–Kier alpha value is -3.13. The molecule has 0 bridgehead atoms. The molecule has 1 heterocycles. The van der Waals surface area contributed by atoms with Gasteiger partial charge in [-0.05, 0) is 43.7 Å². The third kappa shape index (κ3) is 5.70. The molecule has 1 atom stereocenters. The smallest absolute Gasteiger partial charge is 0.237 e. The van der Waals surface area contributed by atoms with E-state index in [1.54, 1.807) is 24.3 Å². The maximum Gasteiger partial charge on any atom is 0.237 e. The van der Waals surface area contributed by atoms with E-state index < -0.39 is 0 Å². The van der Waals surface area contributed by atoms with Crippen molar-refractivity contribution in [1.29, 1.82) is 0 Å². The first-order chi connectivity index (χ1) is 14.5. The maximum absolute atomic E-state index is 12.6. The number of hydrogen-bond donors (Lipinski definition) is 2. The second-order valence-corrected chi connectivity index (χ2v) is 8.12. The van der Waals surface area contributed by atoms with Crippen LogP contribution in [0.2, 0.25) is 0 Å². The molecule has 3 aromatic rings. The molecule has 2 amide bonds. The van der Waals surface area contributed by atoms with Gasteiger partial charge in [-0.2, -0.15) is 0 Å². The minimum atomic E-state index is -0.348. The first-order valence-corrected chi connectivity index (χ1v) is 10.7. The first-order valence-electron chi connectivity index (χ1n) is 9.77. The molecule has 1 aromatic heterocycles. The average molecular weight is 424 g/mol. The van der Waals surface area contributed by atoms with Crippen molar-refractivity contribution in [3.63, 3.8) is 0 Å². The molecule has 0 radical (unpaired) electrons. The average Bonchev–Trinajstić information content (AvgIpc) is 3.10. The van der Waals surface area contributed by atoms with Gasteiger partial charge in [0, 0.05) is 31.3 Å². The summed E-state index contributed by atoms with van der Waals surface area (Å²) < 4.78 is 2.05. The van der Waals surface area contributed by atoms with Crippen LogP contribution in [0.5, 0.6) is 0 Å². The van der Waals surface area contributed by atoms with Gasteiger partial charge in [-0.3, -0.25) is 9.59 Å². The number of nitrogens with one attached hydrogen (secondary N) is 2. The van der Waals surface area contributed by atoms with Gasteiger partial charge in [-0.1, -0.05) is 42.1 Å². The first kappa shape index (κ1) is 21.6. The second-order valence-electron chi connectivity index (χ2n) is 6.81. The van der Waals surface area contributed by atoms with Gasteiger partial charge in [0.2, 0.25) is 11.8 Å². The molecule has 0 saturated carbocycles. The molecule has 0 fully saturated rings. The van der Waals surface area contributed by atoms with Gasteiger partial charge in [0.1, 0.15) is 5.82 Å². The molecule has 0 unspecified atom stereocenters. The van der Waals surface area contributed by atoms with Crippen molar-refractivity contribution in [1.82, 2.24) is 14.8 Å². The summed E-state index contributed by atoms with van der Waals surface area (Å²) in [6, 6.07) is 17.1. The van der Waals surface area contributed by atoms with Crippen molar-refractivity contribution in [2.24, 2.45) is 0 Å². The van der Waals surface area contributed by atoms with Gasteiger partial charge in [0.25, 0.3) is 0 Å². The van der Waals surface area contributed by atoms with Crippen LogP contribution in [-0.2, 0) is 22.6 Å². The van der Waals surface area contributed by atoms with E-state index >= 15 is 0 Å². The molecule has 2 N–H and O–H groups in total. The molecule has 8 heteroatoms. The van der Waals surface area contributed by atoms with Crippen molar-refractivity contribution >= 4 is 35.0 Å². The Balaban J connectivity index is 1.63. The lowest BCUT2D eigenvalue weighted by molar-refractivity contribution is -0.115. The van der Waals surface area contributed by atoms with Gasteiger partial charge in [-0.15, -0.1) is 10.2 Å². The standard InChI is InChI=1S/C22H25N5O2S/c1-4-27-20(14-17-8-6-5-7-9-17)25-26-22(27)30-15(2)21(29)24-19-12-10-18(11-13-19)23-16(3)28/h5-13,15H,4,14H2,1-3H3,(H,23,28)(H,24,29)/t15-/m0/s1. The Morgan fingerprint density at radius 1 is 1.00 bits per heavy atom. The molecule has 3 rings (SSSR count). The van der Waals surface area contributed by atoms with Crippen LogP contribution in [0.15, 0.2) is 59.8 Å². The predicted octanol–water partition coefficient (Wildman–Crippen LogP) is 3.97. The largest absolute Gasteiger partial charge is 0.326 e. The van der Waals surface area contributed by atoms with Crippen molar-refractivity contribution in [2.45, 2.75) is 44.1 Å². The number of carbonyl (C=O) groups is 2. The van der Waals surface area contributed by atoms with Crippen LogP contribution in [0.3, 0.4) is 0 Å². The Bertz CT molecular complexity index is 1000. The van der Waals surface area contributed by atoms with Crippen LogP contribution in [0, 0.1) is 0 Å². The highest BCUT2D eigenvalue weighted by Crippen LogP contribution is 2.24. The number of rotatable bonds is 8. The van der Waals surface area contributed by atoms with E-state index in [9.17, 15) is 9.59 Å². The van der Waals surface area contributed by atoms with Gasteiger partial charge in [-0.25, -0.2) is 0 Å². The van der Waals surface area contributed by atoms with E-state index in [1.165, 1.54) is 24.2 Å². The SMILES string of the molecule is CCn1c(Cc2ccccc2)nnc1S[C@@H](C)C(=O)Nc1ccc(NC(C)=O)cc1. The van der Waals surface area contributed by atoms with Gasteiger partial charge < -0.3 is 15.2 Å². The molecule has 2 aromatic carbocycles. The van der Waals surface area contributed by atoms with Crippen molar-refractivity contribution in [3.05, 3.63) is 66.0 Å². The fourth-order valence-corrected chi connectivity index (χ4v) is 3.86. The zero-order valence-corrected chi connectivity index (χ0v) is 18.1. The summed E-state index contributed by atoms with van der Waals surface area (Å²) in [5.74, 6) is 0.624. The van der Waals surface area contributed by atoms with Crippen molar-refractivity contribution in [3.8, 4) is 0 Å². The fraction of sp³-hybridized carbons (Fsp3) is 0.273. The van der Waals surface area contributed by atoms with E-state index in [2.05, 4.69) is 33.0 Å². The summed E-state index contributed by atoms with van der Waals surface area (Å²) in [6.07, 6.45) is 0.698. The van der Waals surface area contributed by atoms with Gasteiger partial charge >= 0.3 is 0 Å². The van der Waals surface area contributed by atoms with Crippen LogP contribution < -0.4 is 10.6 Å². The van der Waals surface area contributed by atoms with E-state index in [0.717, 1.165) is 17.5 Å². The molecular formula is C22H25N5O2S. The minimum Gasteiger partial charge on any atom is -0.326 e. The van der Waals surface area contributed by atoms with E-state index in [0.29, 0.717) is 17.8 Å². The Morgan fingerprint density at radius 2 is 1.63 bits per heavy atom. The van der Waals surface area contributed by atoms with E-state index in [-0.39, 0.29) is 17.1 Å². The highest BCUT2D eigenvalue weighted by molar-refractivity contribution is 8.00. The number of hydrogen-bond acceptors (Lipinski definition) is 5. The zero-order chi connectivity index (χ0) is 21.5. The minimum absolute atomic E-state index is 0.123. The second kappa shape index (κ2) is 10.1. The molecule has 0 saturated heterocycles. The number of thioether (sulfide) groups is 1. The number of amides is 2. The molecule has 0 aliphatic heterocycles. The van der Waals surface area contributed by atoms with Crippen LogP contribution in [0.1, 0.15) is 32.2 Å². The number of carbonyl (C=O) groups excluding carboxylic acids is 2. The normalized spacial score (nSPS) is 11.7. The lowest BCUT2D eigenvalue weighted by atomic mass is 10.1. The van der Waals surface area contributed by atoms with Crippen LogP contribution >= 0.6 is 11.8 Å². The third-order valence-electron chi connectivity index (χ3n) is 4.44. The lowest BCUT2D eigenvalue weighted by Crippen LogP contribution is -2.23. The molecule has 0 aliphatic carbocycles. The maximum atomic E-state index is 12.6. The summed E-state index contributed by atoms with van der Waals surface area (Å²) >= 11 is 1.39. The topological polar surface area (TPSA) is 88.9 Å². The highest BCUT2D eigenvalue weighted by Gasteiger charge is 2.20. The summed E-state index contributed by atoms with van der Waals surface area (Å²) in [7, 11) is 0. The molecule has 156 valence electrons. The number of benzene rings is 2.